The van der Waals surface area contributed by atoms with Gasteiger partial charge in [0.05, 0.1) is 12.1 Å². The summed E-state index contributed by atoms with van der Waals surface area (Å²) in [7, 11) is 0. The van der Waals surface area contributed by atoms with Crippen LogP contribution in [0.2, 0.25) is 0 Å². The third kappa shape index (κ3) is 3.24. The summed E-state index contributed by atoms with van der Waals surface area (Å²) in [4.78, 5) is 11.9. The molecule has 0 aromatic heterocycles. The fraction of sp³-hybridized carbons (Fsp3) is 0.417. The van der Waals surface area contributed by atoms with E-state index >= 15 is 0 Å². The monoisotopic (exact) mass is 314 g/mol. The van der Waals surface area contributed by atoms with Crippen molar-refractivity contribution in [1.29, 1.82) is 0 Å². The van der Waals surface area contributed by atoms with Crippen molar-refractivity contribution in [2.24, 2.45) is 0 Å². The molecule has 1 aliphatic heterocycles. The molecule has 1 aromatic carbocycles. The minimum atomic E-state index is -0.0510. The third-order valence-corrected chi connectivity index (χ3v) is 4.43. The molecule has 0 aliphatic carbocycles. The van der Waals surface area contributed by atoms with Gasteiger partial charge in [0.1, 0.15) is 0 Å². The molecule has 92 valence electrons. The molecular weight excluding hydrogens is 300 g/mol. The van der Waals surface area contributed by atoms with Crippen molar-refractivity contribution in [3.05, 3.63) is 34.3 Å². The van der Waals surface area contributed by atoms with Crippen molar-refractivity contribution in [2.75, 3.05) is 11.6 Å². The van der Waals surface area contributed by atoms with Crippen LogP contribution in [0.15, 0.2) is 28.7 Å². The van der Waals surface area contributed by atoms with E-state index in [2.05, 4.69) is 26.6 Å². The van der Waals surface area contributed by atoms with E-state index in [-0.39, 0.29) is 18.0 Å². The Hall–Kier alpha value is -0.520. The predicted molar refractivity (Wildman–Crippen MR) is 74.9 cm³/mol. The molecule has 1 amide bonds. The van der Waals surface area contributed by atoms with Gasteiger partial charge in [0, 0.05) is 16.1 Å². The largest absolute Gasteiger partial charge is 0.348 e. The van der Waals surface area contributed by atoms with Gasteiger partial charge >= 0.3 is 0 Å². The summed E-state index contributed by atoms with van der Waals surface area (Å²) in [5, 5.41) is 6.20. The van der Waals surface area contributed by atoms with Crippen LogP contribution in [0.25, 0.3) is 0 Å². The Morgan fingerprint density at radius 2 is 2.35 bits per heavy atom. The van der Waals surface area contributed by atoms with Crippen LogP contribution >= 0.6 is 27.7 Å². The number of nitrogens with one attached hydrogen (secondary N) is 2. The highest BCUT2D eigenvalue weighted by atomic mass is 79.9. The van der Waals surface area contributed by atoms with Crippen LogP contribution in [-0.2, 0) is 4.79 Å². The number of carbonyl (C=O) groups is 1. The number of benzene rings is 1. The van der Waals surface area contributed by atoms with E-state index < -0.39 is 0 Å². The van der Waals surface area contributed by atoms with E-state index in [0.717, 1.165) is 21.7 Å². The van der Waals surface area contributed by atoms with Gasteiger partial charge < -0.3 is 5.32 Å². The number of hydrogen-bond acceptors (Lipinski definition) is 3. The Morgan fingerprint density at radius 1 is 1.59 bits per heavy atom. The van der Waals surface area contributed by atoms with Crippen LogP contribution < -0.4 is 10.6 Å². The SMILES string of the molecule is C[C@@H](NC(=O)C1CSCN1)c1ccccc1Br. The van der Waals surface area contributed by atoms with Crippen LogP contribution in [0.1, 0.15) is 18.5 Å². The van der Waals surface area contributed by atoms with E-state index in [1.54, 1.807) is 11.8 Å². The molecule has 1 aromatic rings. The van der Waals surface area contributed by atoms with Crippen molar-refractivity contribution in [2.45, 2.75) is 19.0 Å². The lowest BCUT2D eigenvalue weighted by Gasteiger charge is -2.18. The van der Waals surface area contributed by atoms with Crippen LogP contribution in [0, 0.1) is 0 Å². The molecule has 1 unspecified atom stereocenters. The number of rotatable bonds is 3. The summed E-state index contributed by atoms with van der Waals surface area (Å²) >= 11 is 5.25. The Morgan fingerprint density at radius 3 is 3.00 bits per heavy atom. The summed E-state index contributed by atoms with van der Waals surface area (Å²) in [6.45, 7) is 2.00. The Balaban J connectivity index is 1.99. The highest BCUT2D eigenvalue weighted by Gasteiger charge is 2.24. The van der Waals surface area contributed by atoms with E-state index in [4.69, 9.17) is 0 Å². The maximum absolute atomic E-state index is 11.9. The molecule has 3 nitrogen and oxygen atoms in total. The van der Waals surface area contributed by atoms with Crippen molar-refractivity contribution < 1.29 is 4.79 Å². The van der Waals surface area contributed by atoms with Gasteiger partial charge in [-0.25, -0.2) is 0 Å². The number of halogens is 1. The molecule has 0 radical (unpaired) electrons. The standard InChI is InChI=1S/C12H15BrN2OS/c1-8(9-4-2-3-5-10(9)13)15-12(16)11-6-17-7-14-11/h2-5,8,11,14H,6-7H2,1H3,(H,15,16)/t8-,11?/m1/s1. The quantitative estimate of drug-likeness (QED) is 0.899. The molecule has 1 saturated heterocycles. The molecule has 1 heterocycles. The molecule has 2 atom stereocenters. The van der Waals surface area contributed by atoms with Gasteiger partial charge in [-0.05, 0) is 18.6 Å². The van der Waals surface area contributed by atoms with E-state index in [9.17, 15) is 4.79 Å². The highest BCUT2D eigenvalue weighted by Crippen LogP contribution is 2.23. The fourth-order valence-electron chi connectivity index (χ4n) is 1.78. The zero-order valence-corrected chi connectivity index (χ0v) is 12.0. The van der Waals surface area contributed by atoms with E-state index in [1.807, 2.05) is 31.2 Å². The van der Waals surface area contributed by atoms with Gasteiger partial charge in [0.15, 0.2) is 0 Å². The van der Waals surface area contributed by atoms with Gasteiger partial charge in [-0.3, -0.25) is 10.1 Å². The maximum Gasteiger partial charge on any atom is 0.238 e. The number of thioether (sulfide) groups is 1. The molecule has 17 heavy (non-hydrogen) atoms. The number of amides is 1. The summed E-state index contributed by atoms with van der Waals surface area (Å²) in [5.74, 6) is 1.80. The van der Waals surface area contributed by atoms with Crippen molar-refractivity contribution in [1.82, 2.24) is 10.6 Å². The first kappa shape index (κ1) is 12.9. The fourth-order valence-corrected chi connectivity index (χ4v) is 3.35. The molecule has 1 aliphatic rings. The van der Waals surface area contributed by atoms with Crippen molar-refractivity contribution in [3.8, 4) is 0 Å². The molecule has 0 saturated carbocycles. The topological polar surface area (TPSA) is 41.1 Å². The lowest BCUT2D eigenvalue weighted by molar-refractivity contribution is -0.123. The lowest BCUT2D eigenvalue weighted by atomic mass is 10.1. The smallest absolute Gasteiger partial charge is 0.238 e. The second-order valence-electron chi connectivity index (χ2n) is 4.02. The van der Waals surface area contributed by atoms with Crippen LogP contribution in [0.3, 0.4) is 0 Å². The maximum atomic E-state index is 11.9. The average Bonchev–Trinajstić information content (AvgIpc) is 2.82. The van der Waals surface area contributed by atoms with Gasteiger partial charge in [-0.15, -0.1) is 11.8 Å². The minimum absolute atomic E-state index is 0.0190. The van der Waals surface area contributed by atoms with Crippen LogP contribution in [0.4, 0.5) is 0 Å². The van der Waals surface area contributed by atoms with Gasteiger partial charge in [-0.2, -0.15) is 0 Å². The first-order chi connectivity index (χ1) is 8.18. The molecule has 5 heteroatoms. The molecule has 2 N–H and O–H groups in total. The first-order valence-corrected chi connectivity index (χ1v) is 7.49. The molecule has 0 bridgehead atoms. The van der Waals surface area contributed by atoms with E-state index in [0.29, 0.717) is 0 Å². The van der Waals surface area contributed by atoms with Crippen LogP contribution in [0.5, 0.6) is 0 Å². The summed E-state index contributed by atoms with van der Waals surface area (Å²) in [6, 6.07) is 7.92. The minimum Gasteiger partial charge on any atom is -0.348 e. The zero-order valence-electron chi connectivity index (χ0n) is 9.57. The average molecular weight is 315 g/mol. The molecule has 0 spiro atoms. The Kier molecular flexibility index (Phi) is 4.48. The van der Waals surface area contributed by atoms with Gasteiger partial charge in [-0.1, -0.05) is 34.1 Å². The Bertz CT molecular complexity index is 407. The van der Waals surface area contributed by atoms with E-state index in [1.165, 1.54) is 0 Å². The first-order valence-electron chi connectivity index (χ1n) is 5.54. The summed E-state index contributed by atoms with van der Waals surface area (Å²) in [5.41, 5.74) is 1.10. The number of hydrogen-bond donors (Lipinski definition) is 2. The van der Waals surface area contributed by atoms with Gasteiger partial charge in [0.2, 0.25) is 5.91 Å². The summed E-state index contributed by atoms with van der Waals surface area (Å²) in [6.07, 6.45) is 0. The molecule has 2 rings (SSSR count). The Labute approximate surface area is 114 Å². The second-order valence-corrected chi connectivity index (χ2v) is 5.91. The summed E-state index contributed by atoms with van der Waals surface area (Å²) < 4.78 is 1.03. The van der Waals surface area contributed by atoms with Crippen molar-refractivity contribution in [3.63, 3.8) is 0 Å². The highest BCUT2D eigenvalue weighted by molar-refractivity contribution is 9.10. The zero-order chi connectivity index (χ0) is 12.3. The van der Waals surface area contributed by atoms with Gasteiger partial charge in [0.25, 0.3) is 0 Å². The lowest BCUT2D eigenvalue weighted by Crippen LogP contribution is -2.42. The predicted octanol–water partition coefficient (Wildman–Crippen LogP) is 2.29. The number of carbonyl (C=O) groups excluding carboxylic acids is 1. The second kappa shape index (κ2) is 5.89. The third-order valence-electron chi connectivity index (χ3n) is 2.76. The van der Waals surface area contributed by atoms with Crippen LogP contribution in [-0.4, -0.2) is 23.6 Å². The molecule has 1 fully saturated rings. The normalized spacial score (nSPS) is 21.2. The van der Waals surface area contributed by atoms with Crippen molar-refractivity contribution >= 4 is 33.6 Å². The molecular formula is C12H15BrN2OS.